The van der Waals surface area contributed by atoms with Gasteiger partial charge in [-0.15, -0.1) is 0 Å². The summed E-state index contributed by atoms with van der Waals surface area (Å²) in [5, 5.41) is 2.59. The van der Waals surface area contributed by atoms with E-state index >= 15 is 0 Å². The van der Waals surface area contributed by atoms with Crippen molar-refractivity contribution in [2.24, 2.45) is 0 Å². The molecule has 2 rings (SSSR count). The number of hydrogen-bond acceptors (Lipinski definition) is 4. The molecule has 0 atom stereocenters. The molecule has 0 aliphatic carbocycles. The number of nitrogens with one attached hydrogen (secondary N) is 2. The molecule has 1 amide bonds. The molecule has 2 aromatic carbocycles. The number of anilines is 1. The lowest BCUT2D eigenvalue weighted by atomic mass is 10.1. The average Bonchev–Trinajstić information content (AvgIpc) is 2.69. The standard InChI is InChI=1S/C20H24F3N3O3S/c1-26(2)17-10-8-15(9-11-17)5-4-12-24-19(27)14-25-30(28,29)18-7-3-6-16(13-18)20(21,22)23/h3,6-11,13,25H,4-5,12,14H2,1-2H3,(H,24,27). The van der Waals surface area contributed by atoms with Gasteiger partial charge in [0.25, 0.3) is 0 Å². The molecule has 30 heavy (non-hydrogen) atoms. The largest absolute Gasteiger partial charge is 0.416 e. The lowest BCUT2D eigenvalue weighted by Gasteiger charge is -2.12. The van der Waals surface area contributed by atoms with Crippen molar-refractivity contribution >= 4 is 21.6 Å². The van der Waals surface area contributed by atoms with Crippen molar-refractivity contribution in [3.63, 3.8) is 0 Å². The van der Waals surface area contributed by atoms with E-state index in [0.717, 1.165) is 35.9 Å². The van der Waals surface area contributed by atoms with E-state index in [9.17, 15) is 26.4 Å². The minimum absolute atomic E-state index is 0.347. The Balaban J connectivity index is 1.78. The first-order valence-electron chi connectivity index (χ1n) is 9.19. The number of halogens is 3. The van der Waals surface area contributed by atoms with Crippen molar-refractivity contribution < 1.29 is 26.4 Å². The van der Waals surface area contributed by atoms with E-state index in [2.05, 4.69) is 5.32 Å². The van der Waals surface area contributed by atoms with Gasteiger partial charge < -0.3 is 10.2 Å². The van der Waals surface area contributed by atoms with Crippen LogP contribution in [0.3, 0.4) is 0 Å². The highest BCUT2D eigenvalue weighted by Crippen LogP contribution is 2.30. The third-order valence-electron chi connectivity index (χ3n) is 4.31. The van der Waals surface area contributed by atoms with Gasteiger partial charge in [-0.2, -0.15) is 13.2 Å². The molecule has 10 heteroatoms. The Labute approximate surface area is 174 Å². The van der Waals surface area contributed by atoms with Crippen LogP contribution in [0.15, 0.2) is 53.4 Å². The first kappa shape index (κ1) is 23.7. The molecule has 0 aromatic heterocycles. The maximum Gasteiger partial charge on any atom is 0.416 e. The Kier molecular flexibility index (Phi) is 7.85. The third kappa shape index (κ3) is 7.03. The maximum atomic E-state index is 12.7. The van der Waals surface area contributed by atoms with E-state index < -0.39 is 39.1 Å². The molecule has 0 aliphatic rings. The summed E-state index contributed by atoms with van der Waals surface area (Å²) in [5.41, 5.74) is 1.12. The van der Waals surface area contributed by atoms with E-state index in [-0.39, 0.29) is 0 Å². The fraction of sp³-hybridized carbons (Fsp3) is 0.350. The number of alkyl halides is 3. The minimum Gasteiger partial charge on any atom is -0.378 e. The number of carbonyl (C=O) groups excluding carboxylic acids is 1. The molecule has 2 aromatic rings. The predicted molar refractivity (Wildman–Crippen MR) is 109 cm³/mol. The van der Waals surface area contributed by atoms with Gasteiger partial charge in [0.1, 0.15) is 0 Å². The monoisotopic (exact) mass is 443 g/mol. The summed E-state index contributed by atoms with van der Waals surface area (Å²) in [7, 11) is -0.337. The Bertz CT molecular complexity index is 959. The van der Waals surface area contributed by atoms with E-state index in [4.69, 9.17) is 0 Å². The van der Waals surface area contributed by atoms with E-state index in [1.54, 1.807) is 0 Å². The number of rotatable bonds is 9. The Morgan fingerprint density at radius 3 is 2.33 bits per heavy atom. The summed E-state index contributed by atoms with van der Waals surface area (Å²) >= 11 is 0. The number of benzene rings is 2. The SMILES string of the molecule is CN(C)c1ccc(CCCNC(=O)CNS(=O)(=O)c2cccc(C(F)(F)F)c2)cc1. The van der Waals surface area contributed by atoms with Crippen LogP contribution < -0.4 is 14.9 Å². The average molecular weight is 443 g/mol. The fourth-order valence-electron chi connectivity index (χ4n) is 2.63. The molecule has 164 valence electrons. The van der Waals surface area contributed by atoms with Gasteiger partial charge >= 0.3 is 6.18 Å². The van der Waals surface area contributed by atoms with E-state index in [0.29, 0.717) is 19.0 Å². The van der Waals surface area contributed by atoms with Crippen molar-refractivity contribution in [2.45, 2.75) is 23.9 Å². The molecule has 0 saturated heterocycles. The zero-order chi connectivity index (χ0) is 22.4. The summed E-state index contributed by atoms with van der Waals surface area (Å²) in [6.45, 7) is -0.213. The molecular weight excluding hydrogens is 419 g/mol. The van der Waals surface area contributed by atoms with Crippen molar-refractivity contribution in [3.8, 4) is 0 Å². The minimum atomic E-state index is -4.66. The van der Waals surface area contributed by atoms with Gasteiger partial charge in [-0.3, -0.25) is 4.79 Å². The van der Waals surface area contributed by atoms with Gasteiger partial charge in [-0.05, 0) is 48.7 Å². The van der Waals surface area contributed by atoms with Gasteiger partial charge in [-0.1, -0.05) is 18.2 Å². The van der Waals surface area contributed by atoms with E-state index in [1.165, 1.54) is 0 Å². The summed E-state index contributed by atoms with van der Waals surface area (Å²) < 4.78 is 64.5. The van der Waals surface area contributed by atoms with Gasteiger partial charge in [0.2, 0.25) is 15.9 Å². The molecule has 0 bridgehead atoms. The highest BCUT2D eigenvalue weighted by Gasteiger charge is 2.31. The van der Waals surface area contributed by atoms with Crippen LogP contribution in [0.4, 0.5) is 18.9 Å². The molecule has 6 nitrogen and oxygen atoms in total. The third-order valence-corrected chi connectivity index (χ3v) is 5.71. The van der Waals surface area contributed by atoms with Crippen LogP contribution in [0.1, 0.15) is 17.5 Å². The maximum absolute atomic E-state index is 12.7. The zero-order valence-corrected chi connectivity index (χ0v) is 17.5. The van der Waals surface area contributed by atoms with Crippen LogP contribution in [0.2, 0.25) is 0 Å². The van der Waals surface area contributed by atoms with Gasteiger partial charge in [0, 0.05) is 26.3 Å². The molecule has 0 radical (unpaired) electrons. The smallest absolute Gasteiger partial charge is 0.378 e. The van der Waals surface area contributed by atoms with Gasteiger partial charge in [0.15, 0.2) is 0 Å². The number of sulfonamides is 1. The topological polar surface area (TPSA) is 78.5 Å². The van der Waals surface area contributed by atoms with Crippen molar-refractivity contribution in [1.29, 1.82) is 0 Å². The second-order valence-corrected chi connectivity index (χ2v) is 8.63. The summed E-state index contributed by atoms with van der Waals surface area (Å²) in [5.74, 6) is -0.562. The number of carbonyl (C=O) groups is 1. The lowest BCUT2D eigenvalue weighted by Crippen LogP contribution is -2.37. The summed E-state index contributed by atoms with van der Waals surface area (Å²) in [4.78, 5) is 13.3. The highest BCUT2D eigenvalue weighted by atomic mass is 32.2. The van der Waals surface area contributed by atoms with E-state index in [1.807, 2.05) is 48.0 Å². The quantitative estimate of drug-likeness (QED) is 0.585. The Morgan fingerprint density at radius 1 is 1.07 bits per heavy atom. The van der Waals surface area contributed by atoms with Crippen LogP contribution >= 0.6 is 0 Å². The lowest BCUT2D eigenvalue weighted by molar-refractivity contribution is -0.137. The summed E-state index contributed by atoms with van der Waals surface area (Å²) in [6, 6.07) is 11.3. The second kappa shape index (κ2) is 9.94. The Hall–Kier alpha value is -2.59. The molecule has 0 heterocycles. The van der Waals surface area contributed by atoms with Gasteiger partial charge in [-0.25, -0.2) is 13.1 Å². The summed E-state index contributed by atoms with van der Waals surface area (Å²) in [6.07, 6.45) is -3.26. The van der Waals surface area contributed by atoms with Crippen LogP contribution in [0.25, 0.3) is 0 Å². The first-order valence-corrected chi connectivity index (χ1v) is 10.7. The molecule has 0 spiro atoms. The van der Waals surface area contributed by atoms with Crippen LogP contribution in [-0.2, 0) is 27.4 Å². The molecule has 0 aliphatic heterocycles. The molecule has 0 saturated carbocycles. The second-order valence-electron chi connectivity index (χ2n) is 6.86. The van der Waals surface area contributed by atoms with Gasteiger partial charge in [0.05, 0.1) is 17.0 Å². The predicted octanol–water partition coefficient (Wildman–Crippen LogP) is 2.80. The number of aryl methyl sites for hydroxylation is 1. The van der Waals surface area contributed by atoms with Crippen LogP contribution in [0, 0.1) is 0 Å². The van der Waals surface area contributed by atoms with Crippen LogP contribution in [0.5, 0.6) is 0 Å². The molecule has 0 unspecified atom stereocenters. The first-order chi connectivity index (χ1) is 14.0. The highest BCUT2D eigenvalue weighted by molar-refractivity contribution is 7.89. The fourth-order valence-corrected chi connectivity index (χ4v) is 3.65. The number of nitrogens with zero attached hydrogens (tertiary/aromatic N) is 1. The normalized spacial score (nSPS) is 11.9. The van der Waals surface area contributed by atoms with Crippen LogP contribution in [-0.4, -0.2) is 41.5 Å². The Morgan fingerprint density at radius 2 is 1.73 bits per heavy atom. The van der Waals surface area contributed by atoms with Crippen molar-refractivity contribution in [2.75, 3.05) is 32.1 Å². The number of amides is 1. The zero-order valence-electron chi connectivity index (χ0n) is 16.7. The molecule has 0 fully saturated rings. The van der Waals surface area contributed by atoms with Crippen molar-refractivity contribution in [1.82, 2.24) is 10.0 Å². The molecular formula is C20H24F3N3O3S. The number of hydrogen-bond donors (Lipinski definition) is 2. The van der Waals surface area contributed by atoms with Crippen molar-refractivity contribution in [3.05, 3.63) is 59.7 Å². The molecule has 2 N–H and O–H groups in total.